The Bertz CT molecular complexity index is 268. The van der Waals surface area contributed by atoms with Gasteiger partial charge in [0, 0.05) is 6.42 Å². The number of alkyl halides is 3. The summed E-state index contributed by atoms with van der Waals surface area (Å²) in [5, 5.41) is 8.41. The van der Waals surface area contributed by atoms with E-state index in [9.17, 15) is 13.2 Å². The Labute approximate surface area is 76.3 Å². The van der Waals surface area contributed by atoms with E-state index in [1.165, 1.54) is 0 Å². The predicted octanol–water partition coefficient (Wildman–Crippen LogP) is 2.33. The number of halogens is 3. The van der Waals surface area contributed by atoms with Crippen LogP contribution in [0, 0.1) is 11.3 Å². The van der Waals surface area contributed by atoms with Crippen molar-refractivity contribution in [1.82, 2.24) is 0 Å². The standard InChI is InChI=1S/C6H4F3NO2S/c7-6(8,9)13-12-5-4(3-10)1-2-11-5/h1-2H2. The van der Waals surface area contributed by atoms with E-state index in [1.54, 1.807) is 6.07 Å². The predicted molar refractivity (Wildman–Crippen MR) is 37.9 cm³/mol. The highest BCUT2D eigenvalue weighted by Gasteiger charge is 2.33. The molecule has 0 bridgehead atoms. The highest BCUT2D eigenvalue weighted by molar-refractivity contribution is 7.95. The largest absolute Gasteiger partial charge is 0.479 e. The Morgan fingerprint density at radius 3 is 2.77 bits per heavy atom. The molecule has 72 valence electrons. The van der Waals surface area contributed by atoms with Crippen LogP contribution < -0.4 is 0 Å². The summed E-state index contributed by atoms with van der Waals surface area (Å²) in [5.41, 5.74) is -4.38. The molecule has 3 nitrogen and oxygen atoms in total. The van der Waals surface area contributed by atoms with Crippen molar-refractivity contribution in [2.75, 3.05) is 6.61 Å². The Balaban J connectivity index is 2.50. The third kappa shape index (κ3) is 3.06. The molecule has 0 aromatic heterocycles. The third-order valence-corrected chi connectivity index (χ3v) is 1.60. The quantitative estimate of drug-likeness (QED) is 0.657. The molecule has 0 N–H and O–H groups in total. The molecule has 0 spiro atoms. The molecule has 0 saturated heterocycles. The van der Waals surface area contributed by atoms with Crippen LogP contribution in [0.1, 0.15) is 6.42 Å². The second kappa shape index (κ2) is 3.79. The molecule has 13 heavy (non-hydrogen) atoms. The maximum absolute atomic E-state index is 11.6. The topological polar surface area (TPSA) is 42.2 Å². The minimum absolute atomic E-state index is 0.108. The fourth-order valence-electron chi connectivity index (χ4n) is 0.696. The van der Waals surface area contributed by atoms with Gasteiger partial charge in [-0.2, -0.15) is 18.4 Å². The number of nitrogens with zero attached hydrogens (tertiary/aromatic N) is 1. The van der Waals surface area contributed by atoms with E-state index in [1.807, 2.05) is 0 Å². The summed E-state index contributed by atoms with van der Waals surface area (Å²) in [7, 11) is 0. The zero-order valence-corrected chi connectivity index (χ0v) is 7.04. The van der Waals surface area contributed by atoms with Crippen LogP contribution in [0.15, 0.2) is 11.5 Å². The van der Waals surface area contributed by atoms with Crippen LogP contribution in [0.4, 0.5) is 13.2 Å². The first kappa shape index (κ1) is 10.1. The number of ether oxygens (including phenoxy) is 1. The molecule has 0 radical (unpaired) electrons. The molecule has 0 amide bonds. The molecule has 0 aliphatic carbocycles. The van der Waals surface area contributed by atoms with Gasteiger partial charge in [-0.05, 0) is 0 Å². The lowest BCUT2D eigenvalue weighted by Crippen LogP contribution is -2.01. The number of rotatable bonds is 2. The van der Waals surface area contributed by atoms with Crippen LogP contribution in [-0.2, 0) is 8.92 Å². The summed E-state index contributed by atoms with van der Waals surface area (Å²) in [6.45, 7) is 0.191. The lowest BCUT2D eigenvalue weighted by atomic mass is 10.3. The maximum Gasteiger partial charge on any atom is 0.479 e. The number of nitriles is 1. The van der Waals surface area contributed by atoms with Crippen molar-refractivity contribution >= 4 is 12.0 Å². The molecule has 1 heterocycles. The lowest BCUT2D eigenvalue weighted by molar-refractivity contribution is -0.0407. The first-order valence-corrected chi connectivity index (χ1v) is 3.95. The van der Waals surface area contributed by atoms with Crippen molar-refractivity contribution in [3.63, 3.8) is 0 Å². The van der Waals surface area contributed by atoms with Gasteiger partial charge >= 0.3 is 11.5 Å². The molecule has 0 saturated carbocycles. The molecule has 7 heteroatoms. The third-order valence-electron chi connectivity index (χ3n) is 1.18. The summed E-state index contributed by atoms with van der Waals surface area (Å²) in [6.07, 6.45) is 0.296. The first-order valence-electron chi connectivity index (χ1n) is 3.21. The van der Waals surface area contributed by atoms with Crippen molar-refractivity contribution in [3.8, 4) is 6.07 Å². The molecule has 1 aliphatic rings. The van der Waals surface area contributed by atoms with Gasteiger partial charge in [-0.15, -0.1) is 0 Å². The monoisotopic (exact) mass is 211 g/mol. The van der Waals surface area contributed by atoms with Crippen molar-refractivity contribution < 1.29 is 22.1 Å². The SMILES string of the molecule is N#CC1=C(OSC(F)(F)F)OCC1. The summed E-state index contributed by atoms with van der Waals surface area (Å²) in [4.78, 5) is 0. The fourth-order valence-corrected chi connectivity index (χ4v) is 1.01. The van der Waals surface area contributed by atoms with Crippen LogP contribution in [-0.4, -0.2) is 12.1 Å². The second-order valence-corrected chi connectivity index (χ2v) is 2.88. The van der Waals surface area contributed by atoms with Crippen LogP contribution >= 0.6 is 12.0 Å². The van der Waals surface area contributed by atoms with Crippen molar-refractivity contribution in [2.24, 2.45) is 0 Å². The second-order valence-electron chi connectivity index (χ2n) is 2.09. The van der Waals surface area contributed by atoms with Gasteiger partial charge in [0.25, 0.3) is 0 Å². The van der Waals surface area contributed by atoms with Gasteiger partial charge in [0.15, 0.2) is 12.0 Å². The van der Waals surface area contributed by atoms with Gasteiger partial charge < -0.3 is 8.92 Å². The van der Waals surface area contributed by atoms with Gasteiger partial charge in [0.1, 0.15) is 11.6 Å². The average Bonchev–Trinajstić information content (AvgIpc) is 2.46. The number of hydrogen-bond acceptors (Lipinski definition) is 4. The number of hydrogen-bond donors (Lipinski definition) is 0. The molecule has 0 fully saturated rings. The first-order chi connectivity index (χ1) is 6.03. The molecule has 0 unspecified atom stereocenters. The summed E-state index contributed by atoms with van der Waals surface area (Å²) >= 11 is -0.684. The molecular formula is C6H4F3NO2S. The van der Waals surface area contributed by atoms with E-state index < -0.39 is 17.6 Å². The zero-order valence-electron chi connectivity index (χ0n) is 6.22. The molecule has 0 aromatic rings. The summed E-state index contributed by atoms with van der Waals surface area (Å²) in [5.74, 6) is -0.329. The van der Waals surface area contributed by atoms with Gasteiger partial charge in [-0.1, -0.05) is 0 Å². The van der Waals surface area contributed by atoms with Crippen LogP contribution in [0.5, 0.6) is 0 Å². The van der Waals surface area contributed by atoms with E-state index in [-0.39, 0.29) is 18.1 Å². The molecule has 0 atom stereocenters. The fraction of sp³-hybridized carbons (Fsp3) is 0.500. The Morgan fingerprint density at radius 2 is 2.23 bits per heavy atom. The highest BCUT2D eigenvalue weighted by Crippen LogP contribution is 2.35. The van der Waals surface area contributed by atoms with Crippen molar-refractivity contribution in [3.05, 3.63) is 11.5 Å². The van der Waals surface area contributed by atoms with E-state index in [0.717, 1.165) is 0 Å². The molecule has 0 aromatic carbocycles. The smallest absolute Gasteiger partial charge is 0.464 e. The van der Waals surface area contributed by atoms with Gasteiger partial charge in [-0.3, -0.25) is 0 Å². The maximum atomic E-state index is 11.6. The Kier molecular flexibility index (Phi) is 2.93. The van der Waals surface area contributed by atoms with Crippen LogP contribution in [0.2, 0.25) is 0 Å². The van der Waals surface area contributed by atoms with Crippen molar-refractivity contribution in [2.45, 2.75) is 11.9 Å². The minimum Gasteiger partial charge on any atom is -0.464 e. The van der Waals surface area contributed by atoms with Gasteiger partial charge in [0.2, 0.25) is 0 Å². The average molecular weight is 211 g/mol. The molecule has 1 aliphatic heterocycles. The van der Waals surface area contributed by atoms with Crippen LogP contribution in [0.25, 0.3) is 0 Å². The van der Waals surface area contributed by atoms with Crippen LogP contribution in [0.3, 0.4) is 0 Å². The van der Waals surface area contributed by atoms with E-state index in [0.29, 0.717) is 6.42 Å². The molecule has 1 rings (SSSR count). The van der Waals surface area contributed by atoms with E-state index in [2.05, 4.69) is 8.92 Å². The normalized spacial score (nSPS) is 16.8. The van der Waals surface area contributed by atoms with Crippen molar-refractivity contribution in [1.29, 1.82) is 5.26 Å². The highest BCUT2D eigenvalue weighted by atomic mass is 32.2. The van der Waals surface area contributed by atoms with Gasteiger partial charge in [0.05, 0.1) is 6.61 Å². The Morgan fingerprint density at radius 1 is 1.54 bits per heavy atom. The Hall–Kier alpha value is -1.03. The van der Waals surface area contributed by atoms with Gasteiger partial charge in [-0.25, -0.2) is 0 Å². The minimum atomic E-state index is -4.49. The summed E-state index contributed by atoms with van der Waals surface area (Å²) < 4.78 is 43.7. The van der Waals surface area contributed by atoms with E-state index >= 15 is 0 Å². The lowest BCUT2D eigenvalue weighted by Gasteiger charge is -2.06. The van der Waals surface area contributed by atoms with E-state index in [4.69, 9.17) is 5.26 Å². The summed E-state index contributed by atoms with van der Waals surface area (Å²) in [6, 6.07) is 1.70. The zero-order chi connectivity index (χ0) is 9.90. The molecular weight excluding hydrogens is 207 g/mol.